The molecule has 0 saturated carbocycles. The minimum Gasteiger partial charge on any atom is -0.375 e. The Morgan fingerprint density at radius 3 is 2.82 bits per heavy atom. The van der Waals surface area contributed by atoms with Gasteiger partial charge in [0, 0.05) is 21.1 Å². The van der Waals surface area contributed by atoms with Gasteiger partial charge in [-0.2, -0.15) is 5.10 Å². The molecule has 0 aliphatic heterocycles. The molecule has 2 rings (SSSR count). The Morgan fingerprint density at radius 2 is 2.12 bits per heavy atom. The van der Waals surface area contributed by atoms with E-state index in [0.717, 1.165) is 33.9 Å². The summed E-state index contributed by atoms with van der Waals surface area (Å²) >= 11 is 11.8. The first-order chi connectivity index (χ1) is 8.06. The summed E-state index contributed by atoms with van der Waals surface area (Å²) in [7, 11) is 0. The van der Waals surface area contributed by atoms with E-state index in [9.17, 15) is 0 Å². The first-order valence-electron chi connectivity index (χ1n) is 5.14. The minimum atomic E-state index is 0.207. The number of rotatable bonds is 1. The van der Waals surface area contributed by atoms with Crippen LogP contribution in [-0.2, 0) is 12.8 Å². The van der Waals surface area contributed by atoms with Crippen molar-refractivity contribution < 1.29 is 0 Å². The van der Waals surface area contributed by atoms with E-state index in [1.165, 1.54) is 11.1 Å². The standard InChI is InChI=1S/C11H11Br2N3S/c12-7-3-6-4-8(15-16-11(14)17)1-2-9(6)10(13)5-7/h3,5H,1-2,4H2,(H3,14,16,17)/b15-8+. The first kappa shape index (κ1) is 13.0. The molecule has 0 bridgehead atoms. The van der Waals surface area contributed by atoms with Crippen molar-refractivity contribution in [1.82, 2.24) is 5.43 Å². The highest BCUT2D eigenvalue weighted by atomic mass is 79.9. The first-order valence-corrected chi connectivity index (χ1v) is 7.13. The van der Waals surface area contributed by atoms with E-state index in [2.05, 4.69) is 54.5 Å². The molecule has 0 amide bonds. The van der Waals surface area contributed by atoms with E-state index in [4.69, 9.17) is 18.0 Å². The zero-order chi connectivity index (χ0) is 12.4. The second-order valence-corrected chi connectivity index (χ2v) is 6.07. The number of hydrogen-bond donors (Lipinski definition) is 2. The van der Waals surface area contributed by atoms with Gasteiger partial charge >= 0.3 is 0 Å². The van der Waals surface area contributed by atoms with E-state index in [-0.39, 0.29) is 5.11 Å². The van der Waals surface area contributed by atoms with Gasteiger partial charge in [-0.3, -0.25) is 5.43 Å². The molecule has 0 heterocycles. The maximum absolute atomic E-state index is 5.35. The molecular weight excluding hydrogens is 366 g/mol. The van der Waals surface area contributed by atoms with Gasteiger partial charge in [0.15, 0.2) is 5.11 Å². The number of fused-ring (bicyclic) bond motifs is 1. The van der Waals surface area contributed by atoms with Crippen LogP contribution in [0.5, 0.6) is 0 Å². The van der Waals surface area contributed by atoms with Crippen molar-refractivity contribution >= 4 is 54.9 Å². The average molecular weight is 377 g/mol. The van der Waals surface area contributed by atoms with Gasteiger partial charge in [0.1, 0.15) is 0 Å². The van der Waals surface area contributed by atoms with Gasteiger partial charge in [-0.05, 0) is 48.3 Å². The molecule has 0 atom stereocenters. The predicted octanol–water partition coefficient (Wildman–Crippen LogP) is 2.89. The molecule has 1 aromatic carbocycles. The van der Waals surface area contributed by atoms with Crippen molar-refractivity contribution in [2.75, 3.05) is 0 Å². The molecule has 0 aromatic heterocycles. The monoisotopic (exact) mass is 375 g/mol. The van der Waals surface area contributed by atoms with Crippen molar-refractivity contribution in [2.24, 2.45) is 10.8 Å². The summed E-state index contributed by atoms with van der Waals surface area (Å²) in [6, 6.07) is 4.21. The Morgan fingerprint density at radius 1 is 1.35 bits per heavy atom. The molecule has 0 unspecified atom stereocenters. The molecule has 1 aliphatic carbocycles. The lowest BCUT2D eigenvalue weighted by molar-refractivity contribution is 0.902. The molecule has 0 fully saturated rings. The third-order valence-electron chi connectivity index (χ3n) is 2.63. The van der Waals surface area contributed by atoms with Crippen LogP contribution in [0.1, 0.15) is 17.5 Å². The largest absolute Gasteiger partial charge is 0.375 e. The van der Waals surface area contributed by atoms with Crippen molar-refractivity contribution in [3.05, 3.63) is 32.2 Å². The molecule has 1 aliphatic rings. The molecular formula is C11H11Br2N3S. The normalized spacial score (nSPS) is 16.7. The quantitative estimate of drug-likeness (QED) is 0.585. The predicted molar refractivity (Wildman–Crippen MR) is 81.2 cm³/mol. The van der Waals surface area contributed by atoms with E-state index in [1.807, 2.05) is 0 Å². The maximum atomic E-state index is 5.35. The van der Waals surface area contributed by atoms with Crippen LogP contribution >= 0.6 is 44.1 Å². The molecule has 3 N–H and O–H groups in total. The van der Waals surface area contributed by atoms with E-state index in [0.29, 0.717) is 0 Å². The third-order valence-corrected chi connectivity index (χ3v) is 3.89. The molecule has 1 aromatic rings. The van der Waals surface area contributed by atoms with Gasteiger partial charge < -0.3 is 5.73 Å². The number of hydrazone groups is 1. The number of benzene rings is 1. The minimum absolute atomic E-state index is 0.207. The Hall–Kier alpha value is -0.460. The summed E-state index contributed by atoms with van der Waals surface area (Å²) in [4.78, 5) is 0. The van der Waals surface area contributed by atoms with E-state index in [1.54, 1.807) is 0 Å². The fraction of sp³-hybridized carbons (Fsp3) is 0.273. The van der Waals surface area contributed by atoms with Crippen LogP contribution in [0.2, 0.25) is 0 Å². The second-order valence-electron chi connectivity index (χ2n) is 3.86. The fourth-order valence-corrected chi connectivity index (χ4v) is 3.46. The van der Waals surface area contributed by atoms with Crippen LogP contribution in [0.15, 0.2) is 26.2 Å². The van der Waals surface area contributed by atoms with Crippen molar-refractivity contribution in [2.45, 2.75) is 19.3 Å². The Balaban J connectivity index is 2.24. The van der Waals surface area contributed by atoms with Gasteiger partial charge in [-0.15, -0.1) is 0 Å². The Labute approximate surface area is 122 Å². The zero-order valence-corrected chi connectivity index (χ0v) is 13.0. The highest BCUT2D eigenvalue weighted by Crippen LogP contribution is 2.30. The number of halogens is 2. The molecule has 90 valence electrons. The Kier molecular flexibility index (Phi) is 4.17. The summed E-state index contributed by atoms with van der Waals surface area (Å²) in [5, 5.41) is 4.42. The molecule has 0 saturated heterocycles. The lowest BCUT2D eigenvalue weighted by Gasteiger charge is -2.19. The smallest absolute Gasteiger partial charge is 0.184 e. The molecule has 3 nitrogen and oxygen atoms in total. The zero-order valence-electron chi connectivity index (χ0n) is 8.96. The molecule has 17 heavy (non-hydrogen) atoms. The van der Waals surface area contributed by atoms with Crippen molar-refractivity contribution in [1.29, 1.82) is 0 Å². The molecule has 0 radical (unpaired) electrons. The topological polar surface area (TPSA) is 50.4 Å². The highest BCUT2D eigenvalue weighted by molar-refractivity contribution is 9.11. The molecule has 6 heteroatoms. The summed E-state index contributed by atoms with van der Waals surface area (Å²) in [6.07, 6.45) is 2.76. The number of nitrogens with zero attached hydrogens (tertiary/aromatic N) is 1. The van der Waals surface area contributed by atoms with Gasteiger partial charge in [-0.1, -0.05) is 31.9 Å². The van der Waals surface area contributed by atoms with Crippen LogP contribution in [-0.4, -0.2) is 10.8 Å². The SMILES string of the molecule is NC(=S)N/N=C1\CCc2c(Br)cc(Br)cc2C1. The lowest BCUT2D eigenvalue weighted by atomic mass is 9.90. The van der Waals surface area contributed by atoms with E-state index >= 15 is 0 Å². The average Bonchev–Trinajstić information content (AvgIpc) is 2.25. The van der Waals surface area contributed by atoms with Gasteiger partial charge in [0.25, 0.3) is 0 Å². The summed E-state index contributed by atoms with van der Waals surface area (Å²) in [5.41, 5.74) is 11.7. The fourth-order valence-electron chi connectivity index (χ4n) is 1.90. The highest BCUT2D eigenvalue weighted by Gasteiger charge is 2.17. The maximum Gasteiger partial charge on any atom is 0.184 e. The van der Waals surface area contributed by atoms with Crippen molar-refractivity contribution in [3.8, 4) is 0 Å². The summed E-state index contributed by atoms with van der Waals surface area (Å²) < 4.78 is 2.23. The van der Waals surface area contributed by atoms with Gasteiger partial charge in [0.2, 0.25) is 0 Å². The van der Waals surface area contributed by atoms with Crippen LogP contribution in [0, 0.1) is 0 Å². The van der Waals surface area contributed by atoms with Crippen LogP contribution < -0.4 is 11.2 Å². The number of nitrogens with one attached hydrogen (secondary N) is 1. The third kappa shape index (κ3) is 3.26. The number of thiocarbonyl (C=S) groups is 1. The number of hydrogen-bond acceptors (Lipinski definition) is 2. The van der Waals surface area contributed by atoms with Gasteiger partial charge in [-0.25, -0.2) is 0 Å². The van der Waals surface area contributed by atoms with Gasteiger partial charge in [0.05, 0.1) is 0 Å². The lowest BCUT2D eigenvalue weighted by Crippen LogP contribution is -2.27. The Bertz CT molecular complexity index is 500. The van der Waals surface area contributed by atoms with E-state index < -0.39 is 0 Å². The summed E-state index contributed by atoms with van der Waals surface area (Å²) in [5.74, 6) is 0. The summed E-state index contributed by atoms with van der Waals surface area (Å²) in [6.45, 7) is 0. The van der Waals surface area contributed by atoms with Crippen LogP contribution in [0.3, 0.4) is 0 Å². The number of nitrogens with two attached hydrogens (primary N) is 1. The molecule has 0 spiro atoms. The van der Waals surface area contributed by atoms with Crippen molar-refractivity contribution in [3.63, 3.8) is 0 Å². The second kappa shape index (κ2) is 5.46. The van der Waals surface area contributed by atoms with Crippen LogP contribution in [0.25, 0.3) is 0 Å². The van der Waals surface area contributed by atoms with Crippen LogP contribution in [0.4, 0.5) is 0 Å².